The molecule has 0 radical (unpaired) electrons. The highest BCUT2D eigenvalue weighted by Crippen LogP contribution is 2.35. The van der Waals surface area contributed by atoms with E-state index >= 15 is 0 Å². The van der Waals surface area contributed by atoms with E-state index in [1.807, 2.05) is 18.2 Å². The molecule has 0 aliphatic heterocycles. The first kappa shape index (κ1) is 12.2. The molecule has 0 spiro atoms. The summed E-state index contributed by atoms with van der Waals surface area (Å²) in [6, 6.07) is 14.1. The van der Waals surface area contributed by atoms with Crippen LogP contribution in [0.1, 0.15) is 0 Å². The Balaban J connectivity index is 0.00000128. The highest BCUT2D eigenvalue weighted by molar-refractivity contribution is 5.85. The first-order valence-corrected chi connectivity index (χ1v) is 4.58. The van der Waals surface area contributed by atoms with Gasteiger partial charge in [-0.2, -0.15) is 0 Å². The molecule has 0 saturated heterocycles. The van der Waals surface area contributed by atoms with Crippen molar-refractivity contribution in [2.24, 2.45) is 0 Å². The third kappa shape index (κ3) is 2.58. The molecule has 0 heterocycles. The van der Waals surface area contributed by atoms with Crippen LogP contribution in [0.3, 0.4) is 0 Å². The van der Waals surface area contributed by atoms with E-state index in [9.17, 15) is 5.11 Å². The van der Waals surface area contributed by atoms with E-state index in [4.69, 9.17) is 10.5 Å². The third-order valence-corrected chi connectivity index (χ3v) is 1.99. The smallest absolute Gasteiger partial charge is 0.191 e. The summed E-state index contributed by atoms with van der Waals surface area (Å²) in [5, 5.41) is 9.55. The van der Waals surface area contributed by atoms with E-state index in [-0.39, 0.29) is 18.2 Å². The Morgan fingerprint density at radius 3 is 2.25 bits per heavy atom. The van der Waals surface area contributed by atoms with Crippen LogP contribution in [0.25, 0.3) is 0 Å². The van der Waals surface area contributed by atoms with Crippen LogP contribution in [0.5, 0.6) is 17.2 Å². The minimum atomic E-state index is 0. The zero-order valence-corrected chi connectivity index (χ0v) is 9.28. The molecule has 0 amide bonds. The van der Waals surface area contributed by atoms with Crippen LogP contribution in [-0.2, 0) is 0 Å². The van der Waals surface area contributed by atoms with E-state index < -0.39 is 0 Å². The number of benzene rings is 2. The summed E-state index contributed by atoms with van der Waals surface area (Å²) in [7, 11) is 0. The lowest BCUT2D eigenvalue weighted by atomic mass is 10.2. The van der Waals surface area contributed by atoms with Crippen LogP contribution < -0.4 is 10.5 Å². The van der Waals surface area contributed by atoms with Crippen LogP contribution in [0.4, 0.5) is 5.69 Å². The Hall–Kier alpha value is -1.87. The van der Waals surface area contributed by atoms with Crippen LogP contribution in [-0.4, -0.2) is 5.11 Å². The number of phenolic OH excluding ortho intramolecular Hbond substituents is 1. The van der Waals surface area contributed by atoms with E-state index in [1.165, 1.54) is 6.07 Å². The number of nitrogen functional groups attached to an aromatic ring is 1. The van der Waals surface area contributed by atoms with Gasteiger partial charge in [-0.1, -0.05) is 24.3 Å². The number of rotatable bonds is 2. The van der Waals surface area contributed by atoms with Gasteiger partial charge in [-0.05, 0) is 24.3 Å². The molecule has 0 saturated carbocycles. The summed E-state index contributed by atoms with van der Waals surface area (Å²) in [5.41, 5.74) is 6.10. The molecule has 2 aromatic carbocycles. The van der Waals surface area contributed by atoms with Gasteiger partial charge in [-0.15, -0.1) is 12.4 Å². The zero-order valence-electron chi connectivity index (χ0n) is 8.46. The first-order valence-electron chi connectivity index (χ1n) is 4.58. The van der Waals surface area contributed by atoms with Gasteiger partial charge < -0.3 is 15.6 Å². The van der Waals surface area contributed by atoms with Crippen molar-refractivity contribution in [3.05, 3.63) is 48.5 Å². The molecule has 0 atom stereocenters. The van der Waals surface area contributed by atoms with Crippen molar-refractivity contribution in [2.45, 2.75) is 0 Å². The van der Waals surface area contributed by atoms with Gasteiger partial charge in [-0.25, -0.2) is 0 Å². The summed E-state index contributed by atoms with van der Waals surface area (Å²) >= 11 is 0. The van der Waals surface area contributed by atoms with Gasteiger partial charge in [0.2, 0.25) is 0 Å². The largest absolute Gasteiger partial charge is 0.504 e. The highest BCUT2D eigenvalue weighted by Gasteiger charge is 2.06. The summed E-state index contributed by atoms with van der Waals surface area (Å²) in [6.45, 7) is 0. The maximum Gasteiger partial charge on any atom is 0.191 e. The van der Waals surface area contributed by atoms with E-state index in [0.717, 1.165) is 0 Å². The first-order chi connectivity index (χ1) is 7.27. The normalized spacial score (nSPS) is 9.25. The van der Waals surface area contributed by atoms with E-state index in [0.29, 0.717) is 17.2 Å². The Kier molecular flexibility index (Phi) is 4.03. The molecule has 0 unspecified atom stereocenters. The van der Waals surface area contributed by atoms with Gasteiger partial charge in [-0.3, -0.25) is 0 Å². The molecule has 0 aliphatic carbocycles. The molecule has 4 heteroatoms. The number of para-hydroxylation sites is 2. The number of phenols is 1. The van der Waals surface area contributed by atoms with Crippen molar-refractivity contribution in [1.82, 2.24) is 0 Å². The molecule has 2 aromatic rings. The SMILES string of the molecule is Cl.Nc1cccc(O)c1Oc1ccccc1. The predicted octanol–water partition coefficient (Wildman–Crippen LogP) is 3.19. The molecule has 0 bridgehead atoms. The van der Waals surface area contributed by atoms with Crippen molar-refractivity contribution >= 4 is 18.1 Å². The minimum absolute atomic E-state index is 0. The number of ether oxygens (including phenoxy) is 1. The van der Waals surface area contributed by atoms with Crippen molar-refractivity contribution in [2.75, 3.05) is 5.73 Å². The molecule has 0 fully saturated rings. The second kappa shape index (κ2) is 5.28. The van der Waals surface area contributed by atoms with Crippen LogP contribution in [0.15, 0.2) is 48.5 Å². The quantitative estimate of drug-likeness (QED) is 0.789. The van der Waals surface area contributed by atoms with Gasteiger partial charge in [0.05, 0.1) is 5.69 Å². The third-order valence-electron chi connectivity index (χ3n) is 1.99. The maximum absolute atomic E-state index is 9.55. The fraction of sp³-hybridized carbons (Fsp3) is 0. The molecule has 3 N–H and O–H groups in total. The Morgan fingerprint density at radius 2 is 1.62 bits per heavy atom. The van der Waals surface area contributed by atoms with E-state index in [2.05, 4.69) is 0 Å². The van der Waals surface area contributed by atoms with E-state index in [1.54, 1.807) is 24.3 Å². The molecule has 2 rings (SSSR count). The fourth-order valence-electron chi connectivity index (χ4n) is 1.26. The van der Waals surface area contributed by atoms with Crippen LogP contribution in [0.2, 0.25) is 0 Å². The molecular formula is C12H12ClNO2. The summed E-state index contributed by atoms with van der Waals surface area (Å²) in [6.07, 6.45) is 0. The molecule has 0 aliphatic rings. The lowest BCUT2D eigenvalue weighted by Crippen LogP contribution is -1.91. The number of hydrogen-bond acceptors (Lipinski definition) is 3. The second-order valence-corrected chi connectivity index (χ2v) is 3.11. The molecule has 16 heavy (non-hydrogen) atoms. The lowest BCUT2D eigenvalue weighted by molar-refractivity contribution is 0.413. The number of nitrogens with two attached hydrogens (primary N) is 1. The molecular weight excluding hydrogens is 226 g/mol. The van der Waals surface area contributed by atoms with Gasteiger partial charge in [0.25, 0.3) is 0 Å². The lowest BCUT2D eigenvalue weighted by Gasteiger charge is -2.09. The van der Waals surface area contributed by atoms with Crippen LogP contribution >= 0.6 is 12.4 Å². The number of hydrogen-bond donors (Lipinski definition) is 2. The van der Waals surface area contributed by atoms with Crippen molar-refractivity contribution in [1.29, 1.82) is 0 Å². The maximum atomic E-state index is 9.55. The topological polar surface area (TPSA) is 55.5 Å². The molecule has 3 nitrogen and oxygen atoms in total. The van der Waals surface area contributed by atoms with Gasteiger partial charge >= 0.3 is 0 Å². The summed E-state index contributed by atoms with van der Waals surface area (Å²) in [5.74, 6) is 0.980. The Labute approximate surface area is 99.9 Å². The molecule has 0 aromatic heterocycles. The second-order valence-electron chi connectivity index (χ2n) is 3.11. The Bertz CT molecular complexity index is 440. The Morgan fingerprint density at radius 1 is 0.938 bits per heavy atom. The zero-order chi connectivity index (χ0) is 10.7. The average molecular weight is 238 g/mol. The number of anilines is 1. The van der Waals surface area contributed by atoms with Gasteiger partial charge in [0.1, 0.15) is 5.75 Å². The monoisotopic (exact) mass is 237 g/mol. The molecule has 84 valence electrons. The summed E-state index contributed by atoms with van der Waals surface area (Å²) in [4.78, 5) is 0. The van der Waals surface area contributed by atoms with Crippen LogP contribution in [0, 0.1) is 0 Å². The predicted molar refractivity (Wildman–Crippen MR) is 66.3 cm³/mol. The highest BCUT2D eigenvalue weighted by atomic mass is 35.5. The van der Waals surface area contributed by atoms with Crippen molar-refractivity contribution in [3.8, 4) is 17.2 Å². The number of aromatic hydroxyl groups is 1. The summed E-state index contributed by atoms with van der Waals surface area (Å²) < 4.78 is 5.46. The van der Waals surface area contributed by atoms with Crippen molar-refractivity contribution < 1.29 is 9.84 Å². The standard InChI is InChI=1S/C12H11NO2.ClH/c13-10-7-4-8-11(14)12(10)15-9-5-2-1-3-6-9;/h1-8,14H,13H2;1H. The van der Waals surface area contributed by atoms with Gasteiger partial charge in [0.15, 0.2) is 11.5 Å². The average Bonchev–Trinajstić information content (AvgIpc) is 2.25. The number of halogens is 1. The van der Waals surface area contributed by atoms with Crippen molar-refractivity contribution in [3.63, 3.8) is 0 Å². The fourth-order valence-corrected chi connectivity index (χ4v) is 1.26. The van der Waals surface area contributed by atoms with Gasteiger partial charge in [0, 0.05) is 0 Å². The minimum Gasteiger partial charge on any atom is -0.504 e.